The van der Waals surface area contributed by atoms with Crippen molar-refractivity contribution < 1.29 is 13.5 Å². The van der Waals surface area contributed by atoms with Gasteiger partial charge in [-0.3, -0.25) is 0 Å². The minimum atomic E-state index is -0.498. The summed E-state index contributed by atoms with van der Waals surface area (Å²) in [6.45, 7) is 4.14. The summed E-state index contributed by atoms with van der Waals surface area (Å²) in [7, 11) is 0. The molecule has 0 aliphatic heterocycles. The Balaban J connectivity index is 2.30. The van der Waals surface area contributed by atoms with E-state index in [0.29, 0.717) is 18.0 Å². The molecule has 0 bridgehead atoms. The normalized spacial score (nSPS) is 10.5. The Kier molecular flexibility index (Phi) is 4.62. The highest BCUT2D eigenvalue weighted by atomic mass is 19.1. The standard InChI is InChI=1S/C16H18F2N2O/c1-3-6-21-16-9-15(13(19)8-12(16)18)20-14-5-4-11(17)7-10(14)2/h4-5,7-9,20H,3,6,19H2,1-2H3. The van der Waals surface area contributed by atoms with E-state index in [0.717, 1.165) is 12.0 Å². The molecule has 0 aliphatic carbocycles. The number of hydrogen-bond acceptors (Lipinski definition) is 3. The molecular formula is C16H18F2N2O. The van der Waals surface area contributed by atoms with E-state index in [4.69, 9.17) is 10.5 Å². The van der Waals surface area contributed by atoms with Crippen LogP contribution in [0.15, 0.2) is 30.3 Å². The minimum absolute atomic E-state index is 0.147. The van der Waals surface area contributed by atoms with Crippen molar-refractivity contribution in [3.05, 3.63) is 47.5 Å². The van der Waals surface area contributed by atoms with E-state index >= 15 is 0 Å². The summed E-state index contributed by atoms with van der Waals surface area (Å²) in [6, 6.07) is 7.11. The molecule has 2 aromatic rings. The van der Waals surface area contributed by atoms with Gasteiger partial charge in [-0.05, 0) is 37.1 Å². The van der Waals surface area contributed by atoms with E-state index in [9.17, 15) is 8.78 Å². The van der Waals surface area contributed by atoms with Crippen LogP contribution in [0.1, 0.15) is 18.9 Å². The summed E-state index contributed by atoms with van der Waals surface area (Å²) >= 11 is 0. The number of ether oxygens (including phenoxy) is 1. The lowest BCUT2D eigenvalue weighted by Crippen LogP contribution is -2.03. The number of aryl methyl sites for hydroxylation is 1. The lowest BCUT2D eigenvalue weighted by molar-refractivity contribution is 0.301. The smallest absolute Gasteiger partial charge is 0.167 e. The molecule has 3 nitrogen and oxygen atoms in total. The van der Waals surface area contributed by atoms with Crippen LogP contribution in [-0.2, 0) is 0 Å². The lowest BCUT2D eigenvalue weighted by atomic mass is 10.1. The van der Waals surface area contributed by atoms with Gasteiger partial charge in [-0.2, -0.15) is 0 Å². The van der Waals surface area contributed by atoms with Gasteiger partial charge in [0.25, 0.3) is 0 Å². The van der Waals surface area contributed by atoms with Gasteiger partial charge in [0.2, 0.25) is 0 Å². The maximum absolute atomic E-state index is 13.7. The first kappa shape index (κ1) is 15.1. The molecule has 0 aromatic heterocycles. The Bertz CT molecular complexity index is 644. The highest BCUT2D eigenvalue weighted by Crippen LogP contribution is 2.31. The van der Waals surface area contributed by atoms with E-state index in [1.54, 1.807) is 13.0 Å². The molecule has 21 heavy (non-hydrogen) atoms. The summed E-state index contributed by atoms with van der Waals surface area (Å²) < 4.78 is 32.2. The Morgan fingerprint density at radius 3 is 2.57 bits per heavy atom. The van der Waals surface area contributed by atoms with E-state index in [1.165, 1.54) is 24.3 Å². The predicted octanol–water partition coefficient (Wildman–Crippen LogP) is 4.39. The molecule has 0 aliphatic rings. The zero-order chi connectivity index (χ0) is 15.4. The van der Waals surface area contributed by atoms with Crippen LogP contribution >= 0.6 is 0 Å². The van der Waals surface area contributed by atoms with Crippen LogP contribution in [0.25, 0.3) is 0 Å². The quantitative estimate of drug-likeness (QED) is 0.804. The van der Waals surface area contributed by atoms with Crippen LogP contribution in [0, 0.1) is 18.6 Å². The summed E-state index contributed by atoms with van der Waals surface area (Å²) in [5, 5.41) is 3.07. The average molecular weight is 292 g/mol. The van der Waals surface area contributed by atoms with E-state index in [1.807, 2.05) is 6.92 Å². The molecule has 0 saturated carbocycles. The molecular weight excluding hydrogens is 274 g/mol. The molecule has 0 fully saturated rings. The summed E-state index contributed by atoms with van der Waals surface area (Å²) in [6.07, 6.45) is 0.781. The van der Waals surface area contributed by atoms with Gasteiger partial charge >= 0.3 is 0 Å². The zero-order valence-corrected chi connectivity index (χ0v) is 12.0. The van der Waals surface area contributed by atoms with Crippen LogP contribution in [-0.4, -0.2) is 6.61 Å². The molecule has 0 radical (unpaired) electrons. The van der Waals surface area contributed by atoms with Gasteiger partial charge in [0.15, 0.2) is 11.6 Å². The van der Waals surface area contributed by atoms with Crippen molar-refractivity contribution in [1.82, 2.24) is 0 Å². The van der Waals surface area contributed by atoms with Gasteiger partial charge in [0.1, 0.15) is 5.82 Å². The van der Waals surface area contributed by atoms with Gasteiger partial charge < -0.3 is 15.8 Å². The van der Waals surface area contributed by atoms with Crippen molar-refractivity contribution >= 4 is 17.1 Å². The molecule has 2 aromatic carbocycles. The predicted molar refractivity (Wildman–Crippen MR) is 81.0 cm³/mol. The van der Waals surface area contributed by atoms with Crippen LogP contribution in [0.5, 0.6) is 5.75 Å². The van der Waals surface area contributed by atoms with Gasteiger partial charge in [-0.1, -0.05) is 6.92 Å². The summed E-state index contributed by atoms with van der Waals surface area (Å²) in [4.78, 5) is 0. The van der Waals surface area contributed by atoms with Gasteiger partial charge in [0, 0.05) is 17.8 Å². The van der Waals surface area contributed by atoms with Crippen LogP contribution in [0.4, 0.5) is 25.8 Å². The first-order chi connectivity index (χ1) is 10.0. The number of halogens is 2. The maximum atomic E-state index is 13.7. The number of nitrogens with two attached hydrogens (primary N) is 1. The van der Waals surface area contributed by atoms with E-state index < -0.39 is 5.82 Å². The Labute approximate surface area is 122 Å². The fourth-order valence-electron chi connectivity index (χ4n) is 1.91. The van der Waals surface area contributed by atoms with E-state index in [2.05, 4.69) is 5.32 Å². The monoisotopic (exact) mass is 292 g/mol. The average Bonchev–Trinajstić information content (AvgIpc) is 2.43. The third kappa shape index (κ3) is 3.62. The van der Waals surface area contributed by atoms with Gasteiger partial charge in [0.05, 0.1) is 18.0 Å². The van der Waals surface area contributed by atoms with Crippen molar-refractivity contribution in [2.45, 2.75) is 20.3 Å². The summed E-state index contributed by atoms with van der Waals surface area (Å²) in [5.41, 5.74) is 8.04. The third-order valence-corrected chi connectivity index (χ3v) is 3.02. The van der Waals surface area contributed by atoms with Crippen LogP contribution in [0.3, 0.4) is 0 Å². The Morgan fingerprint density at radius 2 is 1.90 bits per heavy atom. The second kappa shape index (κ2) is 6.43. The molecule has 0 spiro atoms. The highest BCUT2D eigenvalue weighted by Gasteiger charge is 2.10. The fraction of sp³-hybridized carbons (Fsp3) is 0.250. The minimum Gasteiger partial charge on any atom is -0.490 e. The maximum Gasteiger partial charge on any atom is 0.167 e. The number of nitrogens with one attached hydrogen (secondary N) is 1. The molecule has 112 valence electrons. The third-order valence-electron chi connectivity index (χ3n) is 3.02. The Hall–Kier alpha value is -2.30. The molecule has 0 amide bonds. The molecule has 2 rings (SSSR count). The molecule has 0 saturated heterocycles. The summed E-state index contributed by atoms with van der Waals surface area (Å²) in [5.74, 6) is -0.660. The van der Waals surface area contributed by atoms with Crippen molar-refractivity contribution in [1.29, 1.82) is 0 Å². The number of rotatable bonds is 5. The van der Waals surface area contributed by atoms with Crippen molar-refractivity contribution in [3.8, 4) is 5.75 Å². The first-order valence-electron chi connectivity index (χ1n) is 6.76. The topological polar surface area (TPSA) is 47.3 Å². The number of benzene rings is 2. The lowest BCUT2D eigenvalue weighted by Gasteiger charge is -2.14. The second-order valence-corrected chi connectivity index (χ2v) is 4.80. The molecule has 0 atom stereocenters. The van der Waals surface area contributed by atoms with Crippen molar-refractivity contribution in [2.24, 2.45) is 0 Å². The van der Waals surface area contributed by atoms with Crippen LogP contribution in [0.2, 0.25) is 0 Å². The number of anilines is 3. The fourth-order valence-corrected chi connectivity index (χ4v) is 1.91. The molecule has 5 heteroatoms. The molecule has 0 heterocycles. The Morgan fingerprint density at radius 1 is 1.14 bits per heavy atom. The molecule has 0 unspecified atom stereocenters. The van der Waals surface area contributed by atoms with Gasteiger partial charge in [-0.25, -0.2) is 8.78 Å². The SMILES string of the molecule is CCCOc1cc(Nc2ccc(F)cc2C)c(N)cc1F. The van der Waals surface area contributed by atoms with Crippen molar-refractivity contribution in [2.75, 3.05) is 17.7 Å². The van der Waals surface area contributed by atoms with Crippen LogP contribution < -0.4 is 15.8 Å². The van der Waals surface area contributed by atoms with E-state index in [-0.39, 0.29) is 17.3 Å². The van der Waals surface area contributed by atoms with Gasteiger partial charge in [-0.15, -0.1) is 0 Å². The zero-order valence-electron chi connectivity index (χ0n) is 12.0. The number of nitrogen functional groups attached to an aromatic ring is 1. The van der Waals surface area contributed by atoms with Crippen molar-refractivity contribution in [3.63, 3.8) is 0 Å². The first-order valence-corrected chi connectivity index (χ1v) is 6.76. The largest absolute Gasteiger partial charge is 0.490 e. The molecule has 3 N–H and O–H groups in total. The highest BCUT2D eigenvalue weighted by molar-refractivity contribution is 5.75. The second-order valence-electron chi connectivity index (χ2n) is 4.80. The number of hydrogen-bond donors (Lipinski definition) is 2.